The molecular weight excluding hydrogens is 448 g/mol. The third-order valence-electron chi connectivity index (χ3n) is 7.93. The average molecular weight is 487 g/mol. The summed E-state index contributed by atoms with van der Waals surface area (Å²) in [7, 11) is 6.61. The number of Topliss-reactive ketones (excluding diaryl/α,β-unsaturated/α-hetero) is 1. The van der Waals surface area contributed by atoms with Gasteiger partial charge in [0.15, 0.2) is 5.78 Å². The fourth-order valence-electron chi connectivity index (χ4n) is 6.11. The van der Waals surface area contributed by atoms with Crippen LogP contribution < -0.4 is 24.1 Å². The van der Waals surface area contributed by atoms with Crippen molar-refractivity contribution in [3.63, 3.8) is 0 Å². The van der Waals surface area contributed by atoms with Crippen LogP contribution in [0.1, 0.15) is 42.1 Å². The molecule has 186 valence electrons. The van der Waals surface area contributed by atoms with Gasteiger partial charge in [-0.1, -0.05) is 19.6 Å². The standard InChI is InChI=1S/C27H38O6Si/c1-27(33-6)11-10-16-15(14-27)12-17-20(23(16)28)26(32-5)21-18(29-2)13-19(34(7,8)9)25(31-4)22(21)24(17)30-3/h13,15-16H,10-12,14H2,1-9H3/t15-,16-,27+/m1/s1. The Labute approximate surface area is 203 Å². The number of hydrogen-bond donors (Lipinski definition) is 0. The fraction of sp³-hybridized carbons (Fsp3) is 0.593. The maximum atomic E-state index is 14.0. The van der Waals surface area contributed by atoms with E-state index in [-0.39, 0.29) is 23.2 Å². The number of fused-ring (bicyclic) bond motifs is 3. The summed E-state index contributed by atoms with van der Waals surface area (Å²) in [6.07, 6.45) is 3.27. The molecule has 0 aromatic heterocycles. The highest BCUT2D eigenvalue weighted by Gasteiger charge is 2.47. The summed E-state index contributed by atoms with van der Waals surface area (Å²) >= 11 is 0. The van der Waals surface area contributed by atoms with Crippen LogP contribution in [-0.4, -0.2) is 55.0 Å². The maximum Gasteiger partial charge on any atom is 0.170 e. The predicted molar refractivity (Wildman–Crippen MR) is 137 cm³/mol. The summed E-state index contributed by atoms with van der Waals surface area (Å²) in [4.78, 5) is 14.0. The lowest BCUT2D eigenvalue weighted by molar-refractivity contribution is -0.0518. The van der Waals surface area contributed by atoms with Crippen LogP contribution in [0, 0.1) is 11.8 Å². The number of carbonyl (C=O) groups excluding carboxylic acids is 1. The number of methoxy groups -OCH3 is 5. The molecular formula is C27H38O6Si. The lowest BCUT2D eigenvalue weighted by atomic mass is 9.63. The van der Waals surface area contributed by atoms with E-state index >= 15 is 0 Å². The molecule has 2 aliphatic rings. The summed E-state index contributed by atoms with van der Waals surface area (Å²) in [5.41, 5.74) is 1.33. The Morgan fingerprint density at radius 2 is 1.56 bits per heavy atom. The zero-order valence-corrected chi connectivity index (χ0v) is 23.0. The minimum absolute atomic E-state index is 0.0408. The second-order valence-electron chi connectivity index (χ2n) is 10.9. The molecule has 0 bridgehead atoms. The number of carbonyl (C=O) groups is 1. The lowest BCUT2D eigenvalue weighted by Crippen LogP contribution is -2.44. The van der Waals surface area contributed by atoms with Crippen LogP contribution in [0.4, 0.5) is 0 Å². The molecule has 2 aromatic rings. The van der Waals surface area contributed by atoms with Crippen molar-refractivity contribution in [2.45, 2.75) is 57.8 Å². The first kappa shape index (κ1) is 24.9. The maximum absolute atomic E-state index is 14.0. The zero-order valence-electron chi connectivity index (χ0n) is 22.0. The van der Waals surface area contributed by atoms with Crippen molar-refractivity contribution >= 4 is 29.8 Å². The third kappa shape index (κ3) is 3.68. The Kier molecular flexibility index (Phi) is 6.40. The van der Waals surface area contributed by atoms with Gasteiger partial charge in [0.1, 0.15) is 23.0 Å². The summed E-state index contributed by atoms with van der Waals surface area (Å²) in [6.45, 7) is 8.98. The second-order valence-corrected chi connectivity index (χ2v) is 16.0. The van der Waals surface area contributed by atoms with Crippen LogP contribution in [0.25, 0.3) is 10.8 Å². The molecule has 0 radical (unpaired) electrons. The summed E-state index contributed by atoms with van der Waals surface area (Å²) in [5.74, 6) is 3.01. The van der Waals surface area contributed by atoms with Crippen molar-refractivity contribution < 1.29 is 28.5 Å². The van der Waals surface area contributed by atoms with E-state index in [2.05, 4.69) is 32.6 Å². The lowest BCUT2D eigenvalue weighted by Gasteiger charge is -2.44. The van der Waals surface area contributed by atoms with Crippen molar-refractivity contribution in [2.24, 2.45) is 11.8 Å². The van der Waals surface area contributed by atoms with E-state index in [4.69, 9.17) is 23.7 Å². The quantitative estimate of drug-likeness (QED) is 0.537. The molecule has 34 heavy (non-hydrogen) atoms. The monoisotopic (exact) mass is 486 g/mol. The number of ether oxygens (including phenoxy) is 5. The van der Waals surface area contributed by atoms with E-state index in [1.807, 2.05) is 0 Å². The van der Waals surface area contributed by atoms with Crippen molar-refractivity contribution in [1.29, 1.82) is 0 Å². The van der Waals surface area contributed by atoms with Gasteiger partial charge in [0.2, 0.25) is 0 Å². The van der Waals surface area contributed by atoms with Crippen LogP contribution in [0.5, 0.6) is 23.0 Å². The van der Waals surface area contributed by atoms with Gasteiger partial charge in [-0.15, -0.1) is 0 Å². The van der Waals surface area contributed by atoms with Crippen molar-refractivity contribution in [1.82, 2.24) is 0 Å². The van der Waals surface area contributed by atoms with Crippen LogP contribution in [-0.2, 0) is 11.2 Å². The topological polar surface area (TPSA) is 63.2 Å². The number of benzene rings is 2. The highest BCUT2D eigenvalue weighted by atomic mass is 28.3. The summed E-state index contributed by atoms with van der Waals surface area (Å²) in [6, 6.07) is 2.06. The summed E-state index contributed by atoms with van der Waals surface area (Å²) < 4.78 is 29.8. The Morgan fingerprint density at radius 1 is 0.912 bits per heavy atom. The van der Waals surface area contributed by atoms with E-state index in [0.29, 0.717) is 22.8 Å². The van der Waals surface area contributed by atoms with Crippen LogP contribution >= 0.6 is 0 Å². The molecule has 0 amide bonds. The summed E-state index contributed by atoms with van der Waals surface area (Å²) in [5, 5.41) is 2.71. The first-order valence-electron chi connectivity index (χ1n) is 12.0. The van der Waals surface area contributed by atoms with Crippen LogP contribution in [0.15, 0.2) is 6.07 Å². The largest absolute Gasteiger partial charge is 0.496 e. The van der Waals surface area contributed by atoms with Gasteiger partial charge in [0, 0.05) is 18.6 Å². The van der Waals surface area contributed by atoms with Gasteiger partial charge in [0.25, 0.3) is 0 Å². The second kappa shape index (κ2) is 8.75. The molecule has 0 unspecified atom stereocenters. The Balaban J connectivity index is 2.11. The van der Waals surface area contributed by atoms with Crippen molar-refractivity contribution in [3.05, 3.63) is 17.2 Å². The average Bonchev–Trinajstić information content (AvgIpc) is 2.80. The Bertz CT molecular complexity index is 1130. The normalized spacial score (nSPS) is 24.4. The molecule has 0 aliphatic heterocycles. The van der Waals surface area contributed by atoms with Gasteiger partial charge >= 0.3 is 0 Å². The predicted octanol–water partition coefficient (Wildman–Crippen LogP) is 4.98. The van der Waals surface area contributed by atoms with Gasteiger partial charge in [-0.3, -0.25) is 4.79 Å². The molecule has 7 heteroatoms. The fourth-order valence-corrected chi connectivity index (χ4v) is 7.58. The smallest absolute Gasteiger partial charge is 0.170 e. The molecule has 0 heterocycles. The van der Waals surface area contributed by atoms with Gasteiger partial charge in [0.05, 0.1) is 58.5 Å². The third-order valence-corrected chi connectivity index (χ3v) is 9.92. The number of rotatable bonds is 6. The highest BCUT2D eigenvalue weighted by Crippen LogP contribution is 2.54. The molecule has 3 atom stereocenters. The number of hydrogen-bond acceptors (Lipinski definition) is 6. The first-order valence-corrected chi connectivity index (χ1v) is 15.5. The van der Waals surface area contributed by atoms with E-state index in [1.165, 1.54) is 0 Å². The van der Waals surface area contributed by atoms with Gasteiger partial charge in [-0.25, -0.2) is 0 Å². The highest BCUT2D eigenvalue weighted by molar-refractivity contribution is 6.89. The molecule has 1 saturated carbocycles. The van der Waals surface area contributed by atoms with Gasteiger partial charge in [-0.05, 0) is 49.8 Å². The molecule has 2 aliphatic carbocycles. The molecule has 0 spiro atoms. The zero-order chi connectivity index (χ0) is 25.0. The van der Waals surface area contributed by atoms with Crippen molar-refractivity contribution in [2.75, 3.05) is 35.5 Å². The van der Waals surface area contributed by atoms with E-state index < -0.39 is 8.07 Å². The Hall–Kier alpha value is -2.25. The molecule has 0 N–H and O–H groups in total. The van der Waals surface area contributed by atoms with Crippen LogP contribution in [0.3, 0.4) is 0 Å². The minimum atomic E-state index is -1.81. The van der Waals surface area contributed by atoms with E-state index in [0.717, 1.165) is 53.0 Å². The van der Waals surface area contributed by atoms with Crippen LogP contribution in [0.2, 0.25) is 19.6 Å². The number of ketones is 1. The first-order chi connectivity index (χ1) is 16.0. The van der Waals surface area contributed by atoms with Crippen molar-refractivity contribution in [3.8, 4) is 23.0 Å². The van der Waals surface area contributed by atoms with Gasteiger partial charge < -0.3 is 23.7 Å². The Morgan fingerprint density at radius 3 is 2.09 bits per heavy atom. The van der Waals surface area contributed by atoms with E-state index in [9.17, 15) is 4.79 Å². The molecule has 6 nitrogen and oxygen atoms in total. The SMILES string of the molecule is COc1cc([Si](C)(C)C)c(OC)c2c(OC)c3c(c(OC)c12)C(=O)[C@@H]1CC[C@](C)(OC)C[C@H]1C3. The van der Waals surface area contributed by atoms with Gasteiger partial charge in [-0.2, -0.15) is 0 Å². The van der Waals surface area contributed by atoms with E-state index in [1.54, 1.807) is 35.5 Å². The molecule has 4 rings (SSSR count). The molecule has 0 saturated heterocycles. The minimum Gasteiger partial charge on any atom is -0.496 e. The molecule has 1 fully saturated rings. The molecule has 2 aromatic carbocycles.